The summed E-state index contributed by atoms with van der Waals surface area (Å²) < 4.78 is 0. The molecule has 0 bridgehead atoms. The Balaban J connectivity index is 1.54. The molecular formula is C27H42O2. The Kier molecular flexibility index (Phi) is 3.96. The van der Waals surface area contributed by atoms with Gasteiger partial charge in [-0.15, -0.1) is 0 Å². The Morgan fingerprint density at radius 3 is 2.45 bits per heavy atom. The van der Waals surface area contributed by atoms with E-state index in [0.29, 0.717) is 22.7 Å². The first-order valence-electron chi connectivity index (χ1n) is 12.4. The molecule has 0 aliphatic heterocycles. The van der Waals surface area contributed by atoms with E-state index in [2.05, 4.69) is 41.5 Å². The Labute approximate surface area is 177 Å². The van der Waals surface area contributed by atoms with Gasteiger partial charge in [0, 0.05) is 6.42 Å². The lowest BCUT2D eigenvalue weighted by Gasteiger charge is -2.57. The van der Waals surface area contributed by atoms with E-state index in [-0.39, 0.29) is 16.7 Å². The van der Waals surface area contributed by atoms with Gasteiger partial charge in [0.05, 0.1) is 0 Å². The number of hydrogen-bond donors (Lipinski definition) is 1. The summed E-state index contributed by atoms with van der Waals surface area (Å²) in [6.07, 6.45) is 12.5. The summed E-state index contributed by atoms with van der Waals surface area (Å²) >= 11 is 0. The molecule has 5 rings (SSSR count). The van der Waals surface area contributed by atoms with Crippen molar-refractivity contribution in [3.63, 3.8) is 0 Å². The fourth-order valence-corrected chi connectivity index (χ4v) is 9.81. The Hall–Kier alpha value is -0.790. The van der Waals surface area contributed by atoms with Gasteiger partial charge in [-0.1, -0.05) is 52.7 Å². The van der Waals surface area contributed by atoms with Crippen LogP contribution in [-0.4, -0.2) is 11.1 Å². The molecule has 0 radical (unpaired) electrons. The molecule has 2 heteroatoms. The molecule has 0 saturated heterocycles. The van der Waals surface area contributed by atoms with Crippen LogP contribution in [-0.2, 0) is 4.79 Å². The summed E-state index contributed by atoms with van der Waals surface area (Å²) in [6, 6.07) is 0. The van der Waals surface area contributed by atoms with Gasteiger partial charge in [0.1, 0.15) is 0 Å². The van der Waals surface area contributed by atoms with Gasteiger partial charge in [-0.2, -0.15) is 0 Å². The molecule has 5 aliphatic rings. The number of allylic oxidation sites excluding steroid dienone is 2. The smallest absolute Gasteiger partial charge is 0.303 e. The maximum atomic E-state index is 11.5. The minimum Gasteiger partial charge on any atom is -0.481 e. The minimum atomic E-state index is -0.629. The van der Waals surface area contributed by atoms with Crippen molar-refractivity contribution in [3.8, 4) is 0 Å². The third kappa shape index (κ3) is 2.17. The van der Waals surface area contributed by atoms with Crippen LogP contribution in [0, 0.1) is 44.8 Å². The molecule has 0 unspecified atom stereocenters. The van der Waals surface area contributed by atoms with Gasteiger partial charge in [0.25, 0.3) is 0 Å². The van der Waals surface area contributed by atoms with Crippen LogP contribution >= 0.6 is 0 Å². The first kappa shape index (κ1) is 20.1. The number of carbonyl (C=O) groups is 1. The second-order valence-electron chi connectivity index (χ2n) is 13.0. The summed E-state index contributed by atoms with van der Waals surface area (Å²) in [6.45, 7) is 14.8. The second kappa shape index (κ2) is 5.71. The molecule has 2 spiro atoms. The van der Waals surface area contributed by atoms with Crippen LogP contribution in [0.5, 0.6) is 0 Å². The topological polar surface area (TPSA) is 37.3 Å². The van der Waals surface area contributed by atoms with Gasteiger partial charge < -0.3 is 5.11 Å². The highest BCUT2D eigenvalue weighted by atomic mass is 16.4. The third-order valence-electron chi connectivity index (χ3n) is 12.4. The highest BCUT2D eigenvalue weighted by Gasteiger charge is 2.77. The van der Waals surface area contributed by atoms with Crippen LogP contribution in [0.3, 0.4) is 0 Å². The molecule has 5 aliphatic carbocycles. The van der Waals surface area contributed by atoms with Crippen molar-refractivity contribution in [2.24, 2.45) is 44.8 Å². The molecule has 7 atom stereocenters. The summed E-state index contributed by atoms with van der Waals surface area (Å²) in [5, 5.41) is 9.46. The number of hydrogen-bond acceptors (Lipinski definition) is 1. The molecule has 2 nitrogen and oxygen atoms in total. The summed E-state index contributed by atoms with van der Waals surface area (Å²) in [7, 11) is 0. The zero-order valence-electron chi connectivity index (χ0n) is 19.7. The van der Waals surface area contributed by atoms with Crippen molar-refractivity contribution in [2.45, 2.75) is 106 Å². The molecule has 162 valence electrons. The van der Waals surface area contributed by atoms with Crippen molar-refractivity contribution >= 4 is 5.97 Å². The summed E-state index contributed by atoms with van der Waals surface area (Å²) in [5.74, 6) is 1.38. The van der Waals surface area contributed by atoms with Gasteiger partial charge in [0.15, 0.2) is 0 Å². The molecule has 1 N–H and O–H groups in total. The first-order valence-corrected chi connectivity index (χ1v) is 12.4. The largest absolute Gasteiger partial charge is 0.481 e. The first-order chi connectivity index (χ1) is 13.4. The predicted octanol–water partition coefficient (Wildman–Crippen LogP) is 7.24. The van der Waals surface area contributed by atoms with E-state index in [1.54, 1.807) is 5.57 Å². The van der Waals surface area contributed by atoms with Crippen molar-refractivity contribution in [3.05, 3.63) is 11.1 Å². The number of rotatable bonds is 3. The van der Waals surface area contributed by atoms with E-state index in [1.165, 1.54) is 57.8 Å². The van der Waals surface area contributed by atoms with Gasteiger partial charge in [0.2, 0.25) is 0 Å². The van der Waals surface area contributed by atoms with Gasteiger partial charge in [-0.05, 0) is 103 Å². The molecule has 0 aromatic heterocycles. The summed E-state index contributed by atoms with van der Waals surface area (Å²) in [5.41, 5.74) is 5.67. The van der Waals surface area contributed by atoms with E-state index in [9.17, 15) is 9.90 Å². The number of carboxylic acids is 1. The zero-order chi connectivity index (χ0) is 21.0. The monoisotopic (exact) mass is 398 g/mol. The zero-order valence-corrected chi connectivity index (χ0v) is 19.7. The van der Waals surface area contributed by atoms with Crippen molar-refractivity contribution in [1.82, 2.24) is 0 Å². The fourth-order valence-electron chi connectivity index (χ4n) is 9.81. The van der Waals surface area contributed by atoms with Crippen molar-refractivity contribution < 1.29 is 9.90 Å². The minimum absolute atomic E-state index is 0.134. The van der Waals surface area contributed by atoms with E-state index >= 15 is 0 Å². The molecule has 0 aromatic carbocycles. The predicted molar refractivity (Wildman–Crippen MR) is 118 cm³/mol. The number of carboxylic acid groups (broad SMARTS) is 1. The van der Waals surface area contributed by atoms with Crippen LogP contribution in [0.4, 0.5) is 0 Å². The van der Waals surface area contributed by atoms with Crippen LogP contribution in [0.25, 0.3) is 0 Å². The Morgan fingerprint density at radius 1 is 1.03 bits per heavy atom. The highest BCUT2D eigenvalue weighted by Crippen LogP contribution is 2.86. The van der Waals surface area contributed by atoms with Crippen LogP contribution < -0.4 is 0 Å². The molecule has 0 heterocycles. The van der Waals surface area contributed by atoms with Crippen LogP contribution in [0.15, 0.2) is 11.1 Å². The SMILES string of the molecule is C[C@@H]1CC[C@]23C[C@]24CC[C@@]2(C)C(=C4CC[C@H]3C1(C)C)CC[C@@]2(C)[C@H](C)CC(=O)O. The van der Waals surface area contributed by atoms with E-state index in [1.807, 2.05) is 5.57 Å². The molecular weight excluding hydrogens is 356 g/mol. The van der Waals surface area contributed by atoms with Gasteiger partial charge >= 0.3 is 5.97 Å². The lowest BCUT2D eigenvalue weighted by atomic mass is 9.47. The maximum absolute atomic E-state index is 11.5. The molecule has 4 saturated carbocycles. The molecule has 29 heavy (non-hydrogen) atoms. The lowest BCUT2D eigenvalue weighted by molar-refractivity contribution is -0.139. The lowest BCUT2D eigenvalue weighted by Crippen LogP contribution is -2.49. The Morgan fingerprint density at radius 2 is 1.76 bits per heavy atom. The normalized spacial score (nSPS) is 50.8. The van der Waals surface area contributed by atoms with Gasteiger partial charge in [-0.25, -0.2) is 0 Å². The average Bonchev–Trinajstić information content (AvgIpc) is 3.22. The molecule has 0 amide bonds. The second-order valence-corrected chi connectivity index (χ2v) is 13.0. The number of fused-ring (bicyclic) bond motifs is 1. The van der Waals surface area contributed by atoms with E-state index in [4.69, 9.17) is 0 Å². The standard InChI is InChI=1S/C27H42O2/c1-17-9-12-27-16-26(27)14-13-25(6)19(20(26)7-8-21(27)23(17,3)4)10-11-24(25,5)18(2)15-22(28)29/h17-18,21H,7-16H2,1-6H3,(H,28,29)/t17-,18-,21+,24+,25+,26+,27-/m1/s1. The number of aliphatic carboxylic acids is 1. The van der Waals surface area contributed by atoms with Crippen molar-refractivity contribution in [1.29, 1.82) is 0 Å². The fraction of sp³-hybridized carbons (Fsp3) is 0.889. The van der Waals surface area contributed by atoms with Crippen LogP contribution in [0.1, 0.15) is 106 Å². The van der Waals surface area contributed by atoms with E-state index in [0.717, 1.165) is 11.8 Å². The molecule has 0 aromatic rings. The summed E-state index contributed by atoms with van der Waals surface area (Å²) in [4.78, 5) is 11.5. The quantitative estimate of drug-likeness (QED) is 0.509. The highest BCUT2D eigenvalue weighted by molar-refractivity contribution is 5.67. The third-order valence-corrected chi connectivity index (χ3v) is 12.4. The Bertz CT molecular complexity index is 792. The van der Waals surface area contributed by atoms with Crippen LogP contribution in [0.2, 0.25) is 0 Å². The van der Waals surface area contributed by atoms with E-state index < -0.39 is 5.97 Å². The average molecular weight is 399 g/mol. The van der Waals surface area contributed by atoms with Crippen molar-refractivity contribution in [2.75, 3.05) is 0 Å². The maximum Gasteiger partial charge on any atom is 0.303 e. The molecule has 4 fully saturated rings. The van der Waals surface area contributed by atoms with Gasteiger partial charge in [-0.3, -0.25) is 4.79 Å².